The molecule has 9 nitrogen and oxygen atoms in total. The number of nitrogens with one attached hydrogen (secondary N) is 1. The maximum absolute atomic E-state index is 15.2. The largest absolute Gasteiger partial charge is 0.436 e. The van der Waals surface area contributed by atoms with Crippen LogP contribution in [-0.4, -0.2) is 59.4 Å². The summed E-state index contributed by atoms with van der Waals surface area (Å²) < 4.78 is 28.2. The highest BCUT2D eigenvalue weighted by Gasteiger charge is 2.49. The number of anilines is 1. The van der Waals surface area contributed by atoms with Gasteiger partial charge >= 0.3 is 6.09 Å². The molecule has 4 rings (SSSR count). The van der Waals surface area contributed by atoms with Crippen LogP contribution in [0.15, 0.2) is 12.1 Å². The van der Waals surface area contributed by atoms with E-state index in [2.05, 4.69) is 35.0 Å². The van der Waals surface area contributed by atoms with Crippen molar-refractivity contribution in [2.75, 3.05) is 25.0 Å². The number of halogens is 3. The summed E-state index contributed by atoms with van der Waals surface area (Å²) in [5, 5.41) is 6.42. The topological polar surface area (TPSA) is 98.6 Å². The van der Waals surface area contributed by atoms with Crippen LogP contribution in [0.5, 0.6) is 0 Å². The molecule has 37 heavy (non-hydrogen) atoms. The number of carbonyl (C=O) groups excluding carboxylic acids is 2. The van der Waals surface area contributed by atoms with Crippen molar-refractivity contribution in [1.82, 2.24) is 19.7 Å². The van der Waals surface area contributed by atoms with E-state index in [4.69, 9.17) is 32.7 Å². The predicted octanol–water partition coefficient (Wildman–Crippen LogP) is 5.77. The molecular formula is C24H32Cl2FN5O4Si. The summed E-state index contributed by atoms with van der Waals surface area (Å²) in [7, 11) is -1.30. The molecule has 1 fully saturated rings. The number of nitrogens with zero attached hydrogens (tertiary/aromatic N) is 4. The van der Waals surface area contributed by atoms with Gasteiger partial charge in [0.1, 0.15) is 6.73 Å². The summed E-state index contributed by atoms with van der Waals surface area (Å²) in [6.45, 7) is 9.59. The molecule has 3 heterocycles. The van der Waals surface area contributed by atoms with Crippen LogP contribution in [0, 0.1) is 5.82 Å². The maximum atomic E-state index is 15.2. The molecule has 2 aliphatic rings. The molecule has 202 valence electrons. The quantitative estimate of drug-likeness (QED) is 0.245. The first-order valence-electron chi connectivity index (χ1n) is 12.4. The summed E-state index contributed by atoms with van der Waals surface area (Å²) in [4.78, 5) is 32.1. The summed E-state index contributed by atoms with van der Waals surface area (Å²) >= 11 is 12.5. The average Bonchev–Trinajstić information content (AvgIpc) is 3.26. The Hall–Kier alpha value is -2.21. The number of ether oxygens (including phenoxy) is 2. The molecule has 2 aromatic rings. The van der Waals surface area contributed by atoms with Crippen LogP contribution in [0.2, 0.25) is 30.7 Å². The number of hydrogen-bond donors (Lipinski definition) is 1. The Bertz CT molecular complexity index is 1190. The van der Waals surface area contributed by atoms with Crippen LogP contribution in [0.25, 0.3) is 0 Å². The standard InChI is InChI=1S/C24H32Cl2FN5O4Si/c1-5-15(25)20-29-21(32(30-20)14-35-11-12-37(2,3)4)22(33)31-10-6-9-24(13-31)18-17(28-23(34)36-24)8-7-16(26)19(18)27/h7-8,15H,5-6,9-14H2,1-4H3,(H,28,34)/t15-,24-/m0/s1. The molecule has 1 aromatic heterocycles. The first-order chi connectivity index (χ1) is 17.4. The number of alkyl halides is 1. The minimum atomic E-state index is -1.37. The Labute approximate surface area is 226 Å². The second kappa shape index (κ2) is 10.9. The van der Waals surface area contributed by atoms with E-state index in [1.807, 2.05) is 6.92 Å². The number of carbonyl (C=O) groups is 2. The smallest absolute Gasteiger partial charge is 0.412 e. The Morgan fingerprint density at radius 2 is 2.14 bits per heavy atom. The summed E-state index contributed by atoms with van der Waals surface area (Å²) in [6.07, 6.45) is 0.692. The number of aromatic nitrogens is 3. The van der Waals surface area contributed by atoms with Gasteiger partial charge in [-0.05, 0) is 37.4 Å². The monoisotopic (exact) mass is 571 g/mol. The lowest BCUT2D eigenvalue weighted by atomic mass is 9.83. The van der Waals surface area contributed by atoms with Crippen molar-refractivity contribution in [3.63, 3.8) is 0 Å². The van der Waals surface area contributed by atoms with Crippen molar-refractivity contribution >= 4 is 49.0 Å². The SMILES string of the molecule is CC[C@H](Cl)c1nc(C(=O)N2CCC[C@@]3(C2)OC(=O)Nc2ccc(Cl)c(F)c23)n(COCC[Si](C)(C)C)n1. The molecule has 1 aromatic carbocycles. The molecule has 1 saturated heterocycles. The van der Waals surface area contributed by atoms with Gasteiger partial charge in [-0.15, -0.1) is 11.6 Å². The number of benzene rings is 1. The minimum absolute atomic E-state index is 0.0524. The van der Waals surface area contributed by atoms with Crippen LogP contribution in [-0.2, 0) is 21.8 Å². The zero-order chi connectivity index (χ0) is 27.0. The first-order valence-corrected chi connectivity index (χ1v) is 16.9. The van der Waals surface area contributed by atoms with Gasteiger partial charge in [0, 0.05) is 21.2 Å². The van der Waals surface area contributed by atoms with Gasteiger partial charge in [0.2, 0.25) is 5.82 Å². The number of hydrogen-bond acceptors (Lipinski definition) is 6. The molecule has 2 amide bonds. The predicted molar refractivity (Wildman–Crippen MR) is 141 cm³/mol. The highest BCUT2D eigenvalue weighted by Crippen LogP contribution is 2.45. The fraction of sp³-hybridized carbons (Fsp3) is 0.583. The average molecular weight is 573 g/mol. The molecule has 13 heteroatoms. The van der Waals surface area contributed by atoms with Gasteiger partial charge in [-0.3, -0.25) is 10.1 Å². The van der Waals surface area contributed by atoms with E-state index >= 15 is 4.39 Å². The molecule has 0 saturated carbocycles. The lowest BCUT2D eigenvalue weighted by Gasteiger charge is -2.45. The third kappa shape index (κ3) is 5.94. The van der Waals surface area contributed by atoms with E-state index in [0.717, 1.165) is 6.04 Å². The van der Waals surface area contributed by atoms with Gasteiger partial charge in [0.25, 0.3) is 5.91 Å². The van der Waals surface area contributed by atoms with Crippen LogP contribution < -0.4 is 5.32 Å². The number of piperidine rings is 1. The van der Waals surface area contributed by atoms with Crippen molar-refractivity contribution in [3.05, 3.63) is 40.2 Å². The molecule has 1 N–H and O–H groups in total. The number of rotatable bonds is 8. The molecule has 0 bridgehead atoms. The Balaban J connectivity index is 1.62. The summed E-state index contributed by atoms with van der Waals surface area (Å²) in [6, 6.07) is 3.88. The maximum Gasteiger partial charge on any atom is 0.412 e. The Kier molecular flexibility index (Phi) is 8.18. The van der Waals surface area contributed by atoms with Crippen molar-refractivity contribution in [3.8, 4) is 0 Å². The fourth-order valence-corrected chi connectivity index (χ4v) is 5.55. The highest BCUT2D eigenvalue weighted by molar-refractivity contribution is 6.76. The van der Waals surface area contributed by atoms with Gasteiger partial charge in [0.15, 0.2) is 17.2 Å². The number of amides is 2. The second-order valence-electron chi connectivity index (χ2n) is 10.6. The van der Waals surface area contributed by atoms with Gasteiger partial charge < -0.3 is 14.4 Å². The van der Waals surface area contributed by atoms with Crippen molar-refractivity contribution < 1.29 is 23.5 Å². The van der Waals surface area contributed by atoms with Crippen LogP contribution >= 0.6 is 23.2 Å². The Morgan fingerprint density at radius 3 is 2.84 bits per heavy atom. The lowest BCUT2D eigenvalue weighted by molar-refractivity contribution is -0.0424. The van der Waals surface area contributed by atoms with Gasteiger partial charge in [-0.25, -0.2) is 18.9 Å². The van der Waals surface area contributed by atoms with Crippen LogP contribution in [0.4, 0.5) is 14.9 Å². The molecule has 2 atom stereocenters. The van der Waals surface area contributed by atoms with Gasteiger partial charge in [-0.1, -0.05) is 38.2 Å². The Morgan fingerprint density at radius 1 is 1.38 bits per heavy atom. The molecule has 0 unspecified atom stereocenters. The first kappa shape index (κ1) is 27.8. The molecule has 1 spiro atoms. The van der Waals surface area contributed by atoms with Crippen molar-refractivity contribution in [1.29, 1.82) is 0 Å². The van der Waals surface area contributed by atoms with Gasteiger partial charge in [-0.2, -0.15) is 5.10 Å². The third-order valence-electron chi connectivity index (χ3n) is 6.55. The van der Waals surface area contributed by atoms with Crippen LogP contribution in [0.3, 0.4) is 0 Å². The van der Waals surface area contributed by atoms with E-state index in [-0.39, 0.29) is 35.4 Å². The second-order valence-corrected chi connectivity index (χ2v) is 17.2. The molecule has 0 radical (unpaired) electrons. The summed E-state index contributed by atoms with van der Waals surface area (Å²) in [5.41, 5.74) is -0.956. The molecule has 2 aliphatic heterocycles. The zero-order valence-electron chi connectivity index (χ0n) is 21.4. The number of likely N-dealkylation sites (tertiary alicyclic amines) is 1. The molecular weight excluding hydrogens is 540 g/mol. The van der Waals surface area contributed by atoms with E-state index < -0.39 is 36.9 Å². The normalized spacial score (nSPS) is 20.4. The highest BCUT2D eigenvalue weighted by atomic mass is 35.5. The van der Waals surface area contributed by atoms with Crippen molar-refractivity contribution in [2.45, 2.75) is 69.6 Å². The van der Waals surface area contributed by atoms with E-state index in [1.54, 1.807) is 0 Å². The zero-order valence-corrected chi connectivity index (χ0v) is 24.0. The number of fused-ring (bicyclic) bond motifs is 2. The van der Waals surface area contributed by atoms with E-state index in [9.17, 15) is 9.59 Å². The van der Waals surface area contributed by atoms with Gasteiger partial charge in [0.05, 0.1) is 28.2 Å². The summed E-state index contributed by atoms with van der Waals surface area (Å²) in [5.74, 6) is -0.691. The van der Waals surface area contributed by atoms with Crippen LogP contribution in [0.1, 0.15) is 53.6 Å². The third-order valence-corrected chi connectivity index (χ3v) is 9.05. The lowest BCUT2D eigenvalue weighted by Crippen LogP contribution is -2.54. The van der Waals surface area contributed by atoms with Crippen molar-refractivity contribution in [2.24, 2.45) is 0 Å². The minimum Gasteiger partial charge on any atom is -0.436 e. The molecule has 0 aliphatic carbocycles. The van der Waals surface area contributed by atoms with E-state index in [1.165, 1.54) is 21.7 Å². The fourth-order valence-electron chi connectivity index (χ4n) is 4.54. The van der Waals surface area contributed by atoms with E-state index in [0.29, 0.717) is 38.2 Å².